The summed E-state index contributed by atoms with van der Waals surface area (Å²) in [6, 6.07) is 6.27. The first-order valence-corrected chi connectivity index (χ1v) is 6.21. The Morgan fingerprint density at radius 3 is 2.37 bits per heavy atom. The molecular formula is C11H11IN2O5. The fraction of sp³-hybridized carbons (Fsp3) is 0.182. The lowest BCUT2D eigenvalue weighted by Gasteiger charge is -2.06. The molecule has 1 aromatic carbocycles. The molecular weight excluding hydrogens is 367 g/mol. The molecule has 7 nitrogen and oxygen atoms in total. The molecule has 0 aliphatic rings. The number of imide groups is 1. The van der Waals surface area contributed by atoms with Gasteiger partial charge in [-0.1, -0.05) is 0 Å². The van der Waals surface area contributed by atoms with Gasteiger partial charge in [0.25, 0.3) is 5.91 Å². The number of carbonyl (C=O) groups excluding carboxylic acids is 2. The topological polar surface area (TPSA) is 105 Å². The molecule has 0 aliphatic carbocycles. The Balaban J connectivity index is 2.32. The number of halogens is 1. The van der Waals surface area contributed by atoms with Gasteiger partial charge < -0.3 is 15.2 Å². The maximum absolute atomic E-state index is 11.4. The molecule has 0 saturated carbocycles. The van der Waals surface area contributed by atoms with Gasteiger partial charge in [-0.3, -0.25) is 10.1 Å². The van der Waals surface area contributed by atoms with Gasteiger partial charge in [0.05, 0.1) is 0 Å². The highest BCUT2D eigenvalue weighted by Gasteiger charge is 2.08. The molecule has 0 fully saturated rings. The summed E-state index contributed by atoms with van der Waals surface area (Å²) in [5, 5.41) is 12.7. The normalized spacial score (nSPS) is 9.74. The van der Waals surface area contributed by atoms with Crippen molar-refractivity contribution in [3.63, 3.8) is 0 Å². The van der Waals surface area contributed by atoms with Crippen LogP contribution in [0.5, 0.6) is 0 Å². The highest BCUT2D eigenvalue weighted by Crippen LogP contribution is 2.10. The van der Waals surface area contributed by atoms with Gasteiger partial charge in [0, 0.05) is 9.26 Å². The van der Waals surface area contributed by atoms with Crippen LogP contribution in [-0.2, 0) is 14.3 Å². The minimum atomic E-state index is -1.18. The zero-order chi connectivity index (χ0) is 14.3. The molecule has 0 saturated heterocycles. The Morgan fingerprint density at radius 2 is 1.79 bits per heavy atom. The Kier molecular flexibility index (Phi) is 6.22. The molecule has 19 heavy (non-hydrogen) atoms. The number of nitrogens with one attached hydrogen (secondary N) is 2. The van der Waals surface area contributed by atoms with Crippen LogP contribution < -0.4 is 10.6 Å². The summed E-state index contributed by atoms with van der Waals surface area (Å²) in [6.07, 6.45) is 0. The molecule has 0 bridgehead atoms. The second-order valence-corrected chi connectivity index (χ2v) is 4.64. The number of benzene rings is 1. The van der Waals surface area contributed by atoms with Crippen LogP contribution in [0.2, 0.25) is 0 Å². The number of hydrogen-bond acceptors (Lipinski definition) is 4. The zero-order valence-corrected chi connectivity index (χ0v) is 11.8. The van der Waals surface area contributed by atoms with Gasteiger partial charge in [0.2, 0.25) is 0 Å². The van der Waals surface area contributed by atoms with Crippen LogP contribution in [0.4, 0.5) is 10.5 Å². The van der Waals surface area contributed by atoms with Crippen molar-refractivity contribution < 1.29 is 24.2 Å². The lowest BCUT2D eigenvalue weighted by atomic mass is 10.3. The monoisotopic (exact) mass is 378 g/mol. The van der Waals surface area contributed by atoms with Crippen molar-refractivity contribution in [1.29, 1.82) is 0 Å². The molecule has 0 unspecified atom stereocenters. The van der Waals surface area contributed by atoms with Crippen LogP contribution >= 0.6 is 22.6 Å². The number of aliphatic carboxylic acids is 1. The van der Waals surface area contributed by atoms with Gasteiger partial charge in [-0.2, -0.15) is 0 Å². The van der Waals surface area contributed by atoms with Crippen molar-refractivity contribution >= 4 is 46.2 Å². The third-order valence-corrected chi connectivity index (χ3v) is 2.53. The first kappa shape index (κ1) is 15.4. The number of carbonyl (C=O) groups is 3. The number of carboxylic acid groups (broad SMARTS) is 1. The Labute approximate surface area is 122 Å². The fourth-order valence-corrected chi connectivity index (χ4v) is 1.45. The zero-order valence-electron chi connectivity index (χ0n) is 9.68. The summed E-state index contributed by atoms with van der Waals surface area (Å²) < 4.78 is 5.55. The quantitative estimate of drug-likeness (QED) is 0.665. The second kappa shape index (κ2) is 7.69. The largest absolute Gasteiger partial charge is 0.480 e. The van der Waals surface area contributed by atoms with Gasteiger partial charge in [-0.05, 0) is 46.9 Å². The van der Waals surface area contributed by atoms with E-state index in [4.69, 9.17) is 5.11 Å². The molecule has 3 N–H and O–H groups in total. The van der Waals surface area contributed by atoms with Crippen molar-refractivity contribution in [2.75, 3.05) is 18.5 Å². The average Bonchev–Trinajstić information content (AvgIpc) is 2.31. The Morgan fingerprint density at radius 1 is 1.16 bits per heavy atom. The van der Waals surface area contributed by atoms with Gasteiger partial charge in [0.15, 0.2) is 0 Å². The number of rotatable bonds is 5. The smallest absolute Gasteiger partial charge is 0.329 e. The second-order valence-electron chi connectivity index (χ2n) is 3.40. The lowest BCUT2D eigenvalue weighted by molar-refractivity contribution is -0.143. The minimum absolute atomic E-state index is 0.494. The first-order valence-electron chi connectivity index (χ1n) is 5.13. The standard InChI is InChI=1S/C11H11IN2O5/c12-7-1-3-8(4-2-7)13-11(18)14-9(15)5-19-6-10(16)17/h1-4H,5-6H2,(H,16,17)(H2,13,14,15,18). The molecule has 102 valence electrons. The number of anilines is 1. The van der Waals surface area contributed by atoms with Crippen LogP contribution in [0.3, 0.4) is 0 Å². The van der Waals surface area contributed by atoms with Crippen molar-refractivity contribution in [3.05, 3.63) is 27.8 Å². The van der Waals surface area contributed by atoms with E-state index in [0.717, 1.165) is 3.57 Å². The van der Waals surface area contributed by atoms with Crippen LogP contribution in [-0.4, -0.2) is 36.2 Å². The van der Waals surface area contributed by atoms with Gasteiger partial charge in [-0.25, -0.2) is 9.59 Å². The van der Waals surface area contributed by atoms with E-state index < -0.39 is 31.1 Å². The van der Waals surface area contributed by atoms with Gasteiger partial charge in [0.1, 0.15) is 13.2 Å². The molecule has 0 radical (unpaired) electrons. The molecule has 8 heteroatoms. The van der Waals surface area contributed by atoms with E-state index in [1.54, 1.807) is 24.3 Å². The van der Waals surface area contributed by atoms with E-state index in [1.165, 1.54) is 0 Å². The van der Waals surface area contributed by atoms with Crippen LogP contribution in [0.25, 0.3) is 0 Å². The minimum Gasteiger partial charge on any atom is -0.480 e. The number of ether oxygens (including phenoxy) is 1. The van der Waals surface area contributed by atoms with Crippen molar-refractivity contribution in [2.24, 2.45) is 0 Å². The summed E-state index contributed by atoms with van der Waals surface area (Å²) >= 11 is 2.12. The first-order chi connectivity index (χ1) is 8.97. The van der Waals surface area contributed by atoms with Crippen LogP contribution in [0.1, 0.15) is 0 Å². The molecule has 0 heterocycles. The summed E-state index contributed by atoms with van der Waals surface area (Å²) in [7, 11) is 0. The summed E-state index contributed by atoms with van der Waals surface area (Å²) in [5.41, 5.74) is 0.539. The number of carboxylic acids is 1. The van der Waals surface area contributed by atoms with E-state index in [1.807, 2.05) is 5.32 Å². The summed E-state index contributed by atoms with van der Waals surface area (Å²) in [4.78, 5) is 32.7. The molecule has 0 spiro atoms. The fourth-order valence-electron chi connectivity index (χ4n) is 1.09. The molecule has 1 rings (SSSR count). The predicted octanol–water partition coefficient (Wildman–Crippen LogP) is 1.04. The van der Waals surface area contributed by atoms with Gasteiger partial charge >= 0.3 is 12.0 Å². The molecule has 0 aliphatic heterocycles. The highest BCUT2D eigenvalue weighted by molar-refractivity contribution is 14.1. The third-order valence-electron chi connectivity index (χ3n) is 1.81. The van der Waals surface area contributed by atoms with Crippen LogP contribution in [0, 0.1) is 3.57 Å². The average molecular weight is 378 g/mol. The molecule has 0 atom stereocenters. The number of hydrogen-bond donors (Lipinski definition) is 3. The number of urea groups is 1. The predicted molar refractivity (Wildman–Crippen MR) is 74.8 cm³/mol. The summed E-state index contributed by atoms with van der Waals surface area (Å²) in [5.74, 6) is -1.90. The van der Waals surface area contributed by atoms with Gasteiger partial charge in [-0.15, -0.1) is 0 Å². The summed E-state index contributed by atoms with van der Waals surface area (Å²) in [6.45, 7) is -1.08. The van der Waals surface area contributed by atoms with Crippen LogP contribution in [0.15, 0.2) is 24.3 Å². The van der Waals surface area contributed by atoms with E-state index in [9.17, 15) is 14.4 Å². The SMILES string of the molecule is O=C(O)COCC(=O)NC(=O)Nc1ccc(I)cc1. The van der Waals surface area contributed by atoms with E-state index in [0.29, 0.717) is 5.69 Å². The van der Waals surface area contributed by atoms with Crippen molar-refractivity contribution in [3.8, 4) is 0 Å². The molecule has 3 amide bonds. The van der Waals surface area contributed by atoms with E-state index >= 15 is 0 Å². The lowest BCUT2D eigenvalue weighted by Crippen LogP contribution is -2.37. The molecule has 0 aromatic heterocycles. The van der Waals surface area contributed by atoms with Crippen molar-refractivity contribution in [1.82, 2.24) is 5.32 Å². The Bertz CT molecular complexity index is 474. The van der Waals surface area contributed by atoms with E-state index in [-0.39, 0.29) is 0 Å². The van der Waals surface area contributed by atoms with Crippen molar-refractivity contribution in [2.45, 2.75) is 0 Å². The maximum atomic E-state index is 11.4. The number of amides is 3. The maximum Gasteiger partial charge on any atom is 0.329 e. The van der Waals surface area contributed by atoms with E-state index in [2.05, 4.69) is 32.6 Å². The molecule has 1 aromatic rings. The Hall–Kier alpha value is -1.68. The highest BCUT2D eigenvalue weighted by atomic mass is 127. The third kappa shape index (κ3) is 6.72.